The number of cyclic esters (lactones) is 2. The van der Waals surface area contributed by atoms with Crippen LogP contribution in [-0.2, 0) is 18.9 Å². The summed E-state index contributed by atoms with van der Waals surface area (Å²) in [4.78, 5) is 25.6. The molecule has 2 bridgehead atoms. The molecule has 1 aromatic carbocycles. The molecule has 8 nitrogen and oxygen atoms in total. The first-order valence-electron chi connectivity index (χ1n) is 10.5. The third-order valence-corrected chi connectivity index (χ3v) is 5.00. The van der Waals surface area contributed by atoms with E-state index in [1.54, 1.807) is 6.07 Å². The summed E-state index contributed by atoms with van der Waals surface area (Å²) in [5.74, 6) is -3.82. The van der Waals surface area contributed by atoms with Crippen LogP contribution in [0.2, 0.25) is 0 Å². The van der Waals surface area contributed by atoms with E-state index in [9.17, 15) is 14.7 Å². The van der Waals surface area contributed by atoms with E-state index >= 15 is 0 Å². The van der Waals surface area contributed by atoms with E-state index in [1.807, 2.05) is 13.8 Å². The Labute approximate surface area is 177 Å². The van der Waals surface area contributed by atoms with Crippen molar-refractivity contribution in [1.82, 2.24) is 0 Å². The van der Waals surface area contributed by atoms with Crippen LogP contribution in [0.4, 0.5) is 0 Å². The highest BCUT2D eigenvalue weighted by atomic mass is 16.9. The third-order valence-electron chi connectivity index (χ3n) is 5.00. The maximum atomic E-state index is 12.8. The molecule has 1 aliphatic rings. The molecule has 30 heavy (non-hydrogen) atoms. The van der Waals surface area contributed by atoms with Gasteiger partial charge >= 0.3 is 17.9 Å². The molecule has 0 atom stereocenters. The van der Waals surface area contributed by atoms with Gasteiger partial charge in [-0.15, -0.1) is 0 Å². The Hall–Kier alpha value is -2.00. The van der Waals surface area contributed by atoms with Crippen molar-refractivity contribution in [2.45, 2.75) is 63.9 Å². The number of esters is 2. The standard InChI is InChI=1S/C22H32O8/c1-3-5-10-21(26,11-6-4-2)22(28-15-14-27-13-12-23)29-19(24)17-8-7-9-18(16-17)20(25)30-22/h7-9,16,23,26H,3-6,10-15H2,1-2H3. The van der Waals surface area contributed by atoms with Crippen molar-refractivity contribution in [2.24, 2.45) is 0 Å². The SMILES string of the molecule is CCCCC(O)(CCCC)C1(OCCOCCO)OC(=O)c2cccc(c2)C(=O)O1. The molecule has 0 fully saturated rings. The van der Waals surface area contributed by atoms with Crippen LogP contribution in [0.3, 0.4) is 0 Å². The molecule has 8 heteroatoms. The molecule has 0 aliphatic carbocycles. The van der Waals surface area contributed by atoms with Gasteiger partial charge in [-0.1, -0.05) is 45.6 Å². The fourth-order valence-electron chi connectivity index (χ4n) is 3.31. The number of carbonyl (C=O) groups excluding carboxylic acids is 2. The lowest BCUT2D eigenvalue weighted by molar-refractivity contribution is -0.404. The van der Waals surface area contributed by atoms with Gasteiger partial charge in [0.05, 0.1) is 37.6 Å². The molecule has 1 aliphatic heterocycles. The van der Waals surface area contributed by atoms with E-state index in [1.165, 1.54) is 18.2 Å². The maximum Gasteiger partial charge on any atom is 0.407 e. The summed E-state index contributed by atoms with van der Waals surface area (Å²) in [6.07, 6.45) is 3.24. The van der Waals surface area contributed by atoms with Gasteiger partial charge in [-0.2, -0.15) is 0 Å². The average Bonchev–Trinajstić information content (AvgIpc) is 2.75. The van der Waals surface area contributed by atoms with Gasteiger partial charge in [0.15, 0.2) is 5.60 Å². The Morgan fingerprint density at radius 2 is 1.53 bits per heavy atom. The highest BCUT2D eigenvalue weighted by Crippen LogP contribution is 2.40. The number of carbonyl (C=O) groups is 2. The fourth-order valence-corrected chi connectivity index (χ4v) is 3.31. The van der Waals surface area contributed by atoms with Crippen LogP contribution in [0.1, 0.15) is 73.1 Å². The second-order valence-electron chi connectivity index (χ2n) is 7.34. The number of aliphatic hydroxyl groups excluding tert-OH is 1. The Morgan fingerprint density at radius 3 is 2.03 bits per heavy atom. The maximum absolute atomic E-state index is 12.8. The van der Waals surface area contributed by atoms with Crippen molar-refractivity contribution < 1.29 is 38.7 Å². The van der Waals surface area contributed by atoms with Gasteiger partial charge in [0.2, 0.25) is 0 Å². The zero-order valence-electron chi connectivity index (χ0n) is 17.7. The van der Waals surface area contributed by atoms with Crippen molar-refractivity contribution in [1.29, 1.82) is 0 Å². The van der Waals surface area contributed by atoms with Gasteiger partial charge in [0, 0.05) is 0 Å². The van der Waals surface area contributed by atoms with E-state index in [0.29, 0.717) is 12.8 Å². The number of aliphatic hydroxyl groups is 2. The number of hydrogen-bond acceptors (Lipinski definition) is 8. The molecule has 0 unspecified atom stereocenters. The molecule has 1 heterocycles. The Bertz CT molecular complexity index is 661. The van der Waals surface area contributed by atoms with Crippen molar-refractivity contribution in [3.63, 3.8) is 0 Å². The smallest absolute Gasteiger partial charge is 0.394 e. The van der Waals surface area contributed by atoms with Gasteiger partial charge in [0.1, 0.15) is 0 Å². The van der Waals surface area contributed by atoms with Crippen LogP contribution in [0.5, 0.6) is 0 Å². The fraction of sp³-hybridized carbons (Fsp3) is 0.636. The molecule has 2 N–H and O–H groups in total. The average molecular weight is 424 g/mol. The molecular weight excluding hydrogens is 392 g/mol. The monoisotopic (exact) mass is 424 g/mol. The van der Waals surface area contributed by atoms with E-state index in [-0.39, 0.29) is 50.4 Å². The normalized spacial score (nSPS) is 15.9. The van der Waals surface area contributed by atoms with Crippen LogP contribution in [0, 0.1) is 0 Å². The highest BCUT2D eigenvalue weighted by Gasteiger charge is 2.59. The quantitative estimate of drug-likeness (QED) is 0.367. The first kappa shape index (κ1) is 24.3. The summed E-state index contributed by atoms with van der Waals surface area (Å²) >= 11 is 0. The molecule has 0 radical (unpaired) electrons. The third kappa shape index (κ3) is 5.78. The first-order valence-corrected chi connectivity index (χ1v) is 10.5. The highest BCUT2D eigenvalue weighted by molar-refractivity contribution is 5.96. The van der Waals surface area contributed by atoms with Crippen LogP contribution in [0.15, 0.2) is 24.3 Å². The molecule has 168 valence electrons. The lowest BCUT2D eigenvalue weighted by atomic mass is 9.87. The largest absolute Gasteiger partial charge is 0.407 e. The number of unbranched alkanes of at least 4 members (excludes halogenated alkanes) is 2. The van der Waals surface area contributed by atoms with Crippen LogP contribution >= 0.6 is 0 Å². The minimum atomic E-state index is -2.31. The Balaban J connectivity index is 2.42. The van der Waals surface area contributed by atoms with E-state index in [4.69, 9.17) is 24.1 Å². The Morgan fingerprint density at radius 1 is 0.967 bits per heavy atom. The second-order valence-corrected chi connectivity index (χ2v) is 7.34. The summed E-state index contributed by atoms with van der Waals surface area (Å²) in [6.45, 7) is 3.83. The first-order chi connectivity index (χ1) is 14.4. The van der Waals surface area contributed by atoms with Crippen LogP contribution in [-0.4, -0.2) is 60.2 Å². The summed E-state index contributed by atoms with van der Waals surface area (Å²) in [5, 5.41) is 20.5. The van der Waals surface area contributed by atoms with Crippen molar-refractivity contribution >= 4 is 11.9 Å². The van der Waals surface area contributed by atoms with Gasteiger partial charge in [0.25, 0.3) is 0 Å². The molecule has 1 aromatic rings. The molecule has 0 aromatic heterocycles. The summed E-state index contributed by atoms with van der Waals surface area (Å²) < 4.78 is 22.2. The summed E-state index contributed by atoms with van der Waals surface area (Å²) in [5.41, 5.74) is -1.40. The van der Waals surface area contributed by atoms with E-state index in [2.05, 4.69) is 0 Å². The molecule has 0 saturated carbocycles. The summed E-state index contributed by atoms with van der Waals surface area (Å²) in [7, 11) is 0. The van der Waals surface area contributed by atoms with Gasteiger partial charge in [-0.3, -0.25) is 0 Å². The van der Waals surface area contributed by atoms with Crippen molar-refractivity contribution in [2.75, 3.05) is 26.4 Å². The topological polar surface area (TPSA) is 112 Å². The lowest BCUT2D eigenvalue weighted by Gasteiger charge is -2.44. The number of hydrogen-bond donors (Lipinski definition) is 2. The van der Waals surface area contributed by atoms with E-state index < -0.39 is 23.5 Å². The van der Waals surface area contributed by atoms with Crippen LogP contribution in [0.25, 0.3) is 0 Å². The molecule has 2 rings (SSSR count). The van der Waals surface area contributed by atoms with Crippen molar-refractivity contribution in [3.8, 4) is 0 Å². The predicted octanol–water partition coefficient (Wildman–Crippen LogP) is 2.80. The number of benzene rings is 1. The van der Waals surface area contributed by atoms with Crippen LogP contribution < -0.4 is 0 Å². The van der Waals surface area contributed by atoms with Gasteiger partial charge in [-0.25, -0.2) is 9.59 Å². The number of fused-ring (bicyclic) bond motifs is 2. The molecule has 0 spiro atoms. The van der Waals surface area contributed by atoms with Crippen molar-refractivity contribution in [3.05, 3.63) is 35.4 Å². The molecular formula is C22H32O8. The zero-order valence-corrected chi connectivity index (χ0v) is 17.7. The number of rotatable bonds is 13. The zero-order chi connectivity index (χ0) is 22.0. The predicted molar refractivity (Wildman–Crippen MR) is 108 cm³/mol. The summed E-state index contributed by atoms with van der Waals surface area (Å²) in [6, 6.07) is 5.99. The minimum absolute atomic E-state index is 0.0559. The lowest BCUT2D eigenvalue weighted by Crippen LogP contribution is -2.62. The van der Waals surface area contributed by atoms with Gasteiger partial charge in [-0.05, 0) is 31.0 Å². The molecule has 0 saturated heterocycles. The molecule has 0 amide bonds. The van der Waals surface area contributed by atoms with E-state index in [0.717, 1.165) is 12.8 Å². The minimum Gasteiger partial charge on any atom is -0.394 e. The van der Waals surface area contributed by atoms with Gasteiger partial charge < -0.3 is 29.2 Å². The number of ether oxygens (including phenoxy) is 4. The second kappa shape index (κ2) is 11.4. The Kier molecular flexibility index (Phi) is 9.23.